The van der Waals surface area contributed by atoms with Crippen molar-refractivity contribution in [2.24, 2.45) is 0 Å². The second-order valence-corrected chi connectivity index (χ2v) is 13.0. The van der Waals surface area contributed by atoms with Gasteiger partial charge in [0.15, 0.2) is 0 Å². The van der Waals surface area contributed by atoms with Crippen molar-refractivity contribution in [1.29, 1.82) is 0 Å². The van der Waals surface area contributed by atoms with Gasteiger partial charge in [-0.25, -0.2) is 0 Å². The van der Waals surface area contributed by atoms with Crippen LogP contribution in [-0.4, -0.2) is 34.1 Å². The smallest absolute Gasteiger partial charge is 0.272 e. The van der Waals surface area contributed by atoms with Crippen LogP contribution < -0.4 is 20.7 Å². The van der Waals surface area contributed by atoms with Gasteiger partial charge in [0.25, 0.3) is 11.8 Å². The molecular formula is C41H38N4O4S. The van der Waals surface area contributed by atoms with Gasteiger partial charge in [-0.15, -0.1) is 11.8 Å². The van der Waals surface area contributed by atoms with E-state index in [1.807, 2.05) is 80.6 Å². The average Bonchev–Trinajstić information content (AvgIpc) is 3.46. The molecule has 0 saturated heterocycles. The van der Waals surface area contributed by atoms with Crippen LogP contribution in [0.15, 0.2) is 132 Å². The van der Waals surface area contributed by atoms with Gasteiger partial charge in [-0.05, 0) is 93.6 Å². The fourth-order valence-corrected chi connectivity index (χ4v) is 6.64. The van der Waals surface area contributed by atoms with E-state index in [0.717, 1.165) is 33.4 Å². The standard InChI is InChI=1S/C41H38N4O4S/c1-4-45-36-17-11-10-16-33(36)34-26-31(21-24-37(34)45)43-39(46)27(3)50-32-22-19-30(20-23-32)42-41(48)35(44-40(47)28-13-7-6-8-14-28)25-29-15-9-12-18-38(29)49-5-2/h6-27H,4-5H2,1-3H3,(H,42,48)(H,43,46)(H,44,47)/b35-25-. The number of aryl methyl sites for hydroxylation is 1. The number of rotatable bonds is 12. The molecule has 5 aromatic carbocycles. The average molecular weight is 683 g/mol. The summed E-state index contributed by atoms with van der Waals surface area (Å²) in [6.07, 6.45) is 1.60. The highest BCUT2D eigenvalue weighted by atomic mass is 32.2. The molecule has 0 aliphatic heterocycles. The molecule has 6 aromatic rings. The highest BCUT2D eigenvalue weighted by Gasteiger charge is 2.18. The number of thioether (sulfide) groups is 1. The van der Waals surface area contributed by atoms with Gasteiger partial charge in [-0.1, -0.05) is 54.6 Å². The summed E-state index contributed by atoms with van der Waals surface area (Å²) in [6.45, 7) is 7.19. The van der Waals surface area contributed by atoms with E-state index in [1.165, 1.54) is 17.3 Å². The SMILES string of the molecule is CCOc1ccccc1/C=C(\NC(=O)c1ccccc1)C(=O)Nc1ccc(SC(C)C(=O)Nc2ccc3c(c2)c2ccccc2n3CC)cc1. The van der Waals surface area contributed by atoms with E-state index in [0.29, 0.717) is 29.2 Å². The minimum atomic E-state index is -0.493. The van der Waals surface area contributed by atoms with Crippen molar-refractivity contribution in [1.82, 2.24) is 9.88 Å². The number of fused-ring (bicyclic) bond motifs is 3. The van der Waals surface area contributed by atoms with Crippen LogP contribution in [-0.2, 0) is 16.1 Å². The molecule has 50 heavy (non-hydrogen) atoms. The van der Waals surface area contributed by atoms with Gasteiger partial charge < -0.3 is 25.3 Å². The van der Waals surface area contributed by atoms with Crippen LogP contribution in [0.4, 0.5) is 11.4 Å². The highest BCUT2D eigenvalue weighted by molar-refractivity contribution is 8.00. The maximum atomic E-state index is 13.6. The first-order valence-corrected chi connectivity index (χ1v) is 17.4. The molecule has 6 rings (SSSR count). The van der Waals surface area contributed by atoms with Crippen LogP contribution in [0.3, 0.4) is 0 Å². The Balaban J connectivity index is 1.13. The quantitative estimate of drug-likeness (QED) is 0.0886. The van der Waals surface area contributed by atoms with E-state index >= 15 is 0 Å². The van der Waals surface area contributed by atoms with Crippen LogP contribution in [0.1, 0.15) is 36.7 Å². The number of ether oxygens (including phenoxy) is 1. The molecule has 1 heterocycles. The summed E-state index contributed by atoms with van der Waals surface area (Å²) in [6, 6.07) is 37.6. The zero-order valence-electron chi connectivity index (χ0n) is 28.1. The summed E-state index contributed by atoms with van der Waals surface area (Å²) >= 11 is 1.42. The minimum Gasteiger partial charge on any atom is -0.493 e. The third-order valence-electron chi connectivity index (χ3n) is 8.20. The van der Waals surface area contributed by atoms with Crippen molar-refractivity contribution in [3.63, 3.8) is 0 Å². The second kappa shape index (κ2) is 15.6. The van der Waals surface area contributed by atoms with E-state index < -0.39 is 11.8 Å². The van der Waals surface area contributed by atoms with Gasteiger partial charge in [0.1, 0.15) is 11.4 Å². The normalized spacial score (nSPS) is 12.0. The summed E-state index contributed by atoms with van der Waals surface area (Å²) < 4.78 is 8.02. The van der Waals surface area contributed by atoms with Gasteiger partial charge in [0, 0.05) is 55.7 Å². The molecule has 9 heteroatoms. The van der Waals surface area contributed by atoms with Crippen molar-refractivity contribution in [3.05, 3.63) is 138 Å². The Morgan fingerprint density at radius 2 is 1.44 bits per heavy atom. The number of nitrogens with one attached hydrogen (secondary N) is 3. The predicted molar refractivity (Wildman–Crippen MR) is 204 cm³/mol. The predicted octanol–water partition coefficient (Wildman–Crippen LogP) is 8.74. The Hall–Kier alpha value is -5.80. The lowest BCUT2D eigenvalue weighted by atomic mass is 10.1. The largest absolute Gasteiger partial charge is 0.493 e. The topological polar surface area (TPSA) is 101 Å². The van der Waals surface area contributed by atoms with Crippen molar-refractivity contribution in [2.75, 3.05) is 17.2 Å². The number of anilines is 2. The summed E-state index contributed by atoms with van der Waals surface area (Å²) in [5, 5.41) is 10.6. The lowest BCUT2D eigenvalue weighted by molar-refractivity contribution is -0.115. The molecule has 1 aromatic heterocycles. The number of carbonyl (C=O) groups is 3. The fourth-order valence-electron chi connectivity index (χ4n) is 5.77. The van der Waals surface area contributed by atoms with E-state index in [-0.39, 0.29) is 16.9 Å². The lowest BCUT2D eigenvalue weighted by Gasteiger charge is -2.14. The molecule has 3 amide bonds. The van der Waals surface area contributed by atoms with Crippen molar-refractivity contribution in [3.8, 4) is 5.75 Å². The van der Waals surface area contributed by atoms with Gasteiger partial charge in [0.05, 0.1) is 11.9 Å². The summed E-state index contributed by atoms with van der Waals surface area (Å²) in [5.41, 5.74) is 4.74. The third-order valence-corrected chi connectivity index (χ3v) is 9.31. The fraction of sp³-hybridized carbons (Fsp3) is 0.146. The van der Waals surface area contributed by atoms with Crippen LogP contribution in [0.25, 0.3) is 27.9 Å². The Bertz CT molecular complexity index is 2190. The maximum absolute atomic E-state index is 13.6. The van der Waals surface area contributed by atoms with Crippen molar-refractivity contribution in [2.45, 2.75) is 37.5 Å². The number of carbonyl (C=O) groups excluding carboxylic acids is 3. The monoisotopic (exact) mass is 682 g/mol. The first-order valence-electron chi connectivity index (χ1n) is 16.5. The molecule has 1 atom stereocenters. The first kappa shape index (κ1) is 34.1. The third kappa shape index (κ3) is 7.74. The lowest BCUT2D eigenvalue weighted by Crippen LogP contribution is -2.30. The number of benzene rings is 5. The molecule has 252 valence electrons. The first-order chi connectivity index (χ1) is 24.3. The molecule has 0 aliphatic rings. The minimum absolute atomic E-state index is 0.0622. The Morgan fingerprint density at radius 1 is 0.760 bits per heavy atom. The van der Waals surface area contributed by atoms with E-state index in [1.54, 1.807) is 42.5 Å². The number of hydrogen-bond donors (Lipinski definition) is 3. The molecule has 0 saturated carbocycles. The van der Waals surface area contributed by atoms with Gasteiger partial charge in [-0.2, -0.15) is 0 Å². The Morgan fingerprint density at radius 3 is 2.20 bits per heavy atom. The van der Waals surface area contributed by atoms with Crippen LogP contribution in [0.5, 0.6) is 5.75 Å². The summed E-state index contributed by atoms with van der Waals surface area (Å²) in [4.78, 5) is 40.7. The molecule has 0 aliphatic carbocycles. The maximum Gasteiger partial charge on any atom is 0.272 e. The van der Waals surface area contributed by atoms with Crippen LogP contribution in [0.2, 0.25) is 0 Å². The number of nitrogens with zero attached hydrogens (tertiary/aromatic N) is 1. The number of para-hydroxylation sites is 2. The zero-order valence-corrected chi connectivity index (χ0v) is 28.9. The number of aromatic nitrogens is 1. The molecule has 3 N–H and O–H groups in total. The molecule has 1 unspecified atom stereocenters. The zero-order chi connectivity index (χ0) is 35.0. The molecule has 8 nitrogen and oxygen atoms in total. The van der Waals surface area contributed by atoms with Gasteiger partial charge in [0.2, 0.25) is 5.91 Å². The Kier molecular flexibility index (Phi) is 10.6. The second-order valence-electron chi connectivity index (χ2n) is 11.6. The van der Waals surface area contributed by atoms with E-state index in [4.69, 9.17) is 4.74 Å². The summed E-state index contributed by atoms with van der Waals surface area (Å²) in [7, 11) is 0. The van der Waals surface area contributed by atoms with Gasteiger partial charge in [-0.3, -0.25) is 14.4 Å². The van der Waals surface area contributed by atoms with Crippen molar-refractivity contribution >= 4 is 68.7 Å². The van der Waals surface area contributed by atoms with E-state index in [2.05, 4.69) is 45.6 Å². The summed E-state index contributed by atoms with van der Waals surface area (Å²) in [5.74, 6) is -0.416. The van der Waals surface area contributed by atoms with E-state index in [9.17, 15) is 14.4 Å². The Labute approximate surface area is 295 Å². The molecule has 0 radical (unpaired) electrons. The van der Waals surface area contributed by atoms with Gasteiger partial charge >= 0.3 is 0 Å². The number of amides is 3. The molecule has 0 spiro atoms. The van der Waals surface area contributed by atoms with Crippen molar-refractivity contribution < 1.29 is 19.1 Å². The molecular weight excluding hydrogens is 645 g/mol. The van der Waals surface area contributed by atoms with Crippen LogP contribution >= 0.6 is 11.8 Å². The molecule has 0 bridgehead atoms. The highest BCUT2D eigenvalue weighted by Crippen LogP contribution is 2.32. The number of hydrogen-bond acceptors (Lipinski definition) is 5. The molecule has 0 fully saturated rings. The van der Waals surface area contributed by atoms with Crippen LogP contribution in [0, 0.1) is 0 Å².